The number of ether oxygens (including phenoxy) is 1. The minimum atomic E-state index is -0.458. The Morgan fingerprint density at radius 3 is 2.59 bits per heavy atom. The van der Waals surface area contributed by atoms with E-state index in [0.29, 0.717) is 6.61 Å². The van der Waals surface area contributed by atoms with Crippen LogP contribution in [0.4, 0.5) is 0 Å². The van der Waals surface area contributed by atoms with E-state index in [0.717, 1.165) is 22.4 Å². The number of aryl methyl sites for hydroxylation is 1. The number of carbonyl (C=O) groups excluding carboxylic acids is 1. The second kappa shape index (κ2) is 5.96. The van der Waals surface area contributed by atoms with Gasteiger partial charge < -0.3 is 9.84 Å². The lowest BCUT2D eigenvalue weighted by Crippen LogP contribution is -2.08. The highest BCUT2D eigenvalue weighted by Gasteiger charge is 2.21. The van der Waals surface area contributed by atoms with Gasteiger partial charge in [-0.1, -0.05) is 6.92 Å². The molecule has 1 aromatic carbocycles. The van der Waals surface area contributed by atoms with Crippen LogP contribution < -0.4 is 0 Å². The fraction of sp³-hybridized carbons (Fsp3) is 0.462. The van der Waals surface area contributed by atoms with Gasteiger partial charge >= 0.3 is 5.97 Å². The van der Waals surface area contributed by atoms with Crippen molar-refractivity contribution in [3.63, 3.8) is 0 Å². The van der Waals surface area contributed by atoms with Gasteiger partial charge in [-0.25, -0.2) is 4.79 Å². The Kier molecular flexibility index (Phi) is 4.87. The number of esters is 1. The monoisotopic (exact) mass is 254 g/mol. The molecule has 0 radical (unpaired) electrons. The van der Waals surface area contributed by atoms with Gasteiger partial charge in [0.15, 0.2) is 0 Å². The van der Waals surface area contributed by atoms with Crippen molar-refractivity contribution in [1.82, 2.24) is 0 Å². The molecule has 0 fully saturated rings. The number of hydrogen-bond donors (Lipinski definition) is 1. The first-order valence-electron chi connectivity index (χ1n) is 5.63. The zero-order valence-corrected chi connectivity index (χ0v) is 11.5. The van der Waals surface area contributed by atoms with Gasteiger partial charge in [0.2, 0.25) is 0 Å². The number of phenolic OH excluding ortho intramolecular Hbond substituents is 1. The number of carbonyl (C=O) groups is 1. The highest BCUT2D eigenvalue weighted by molar-refractivity contribution is 7.98. The summed E-state index contributed by atoms with van der Waals surface area (Å²) < 4.78 is 4.97. The first-order valence-corrected chi connectivity index (χ1v) is 6.85. The Morgan fingerprint density at radius 2 is 2.12 bits per heavy atom. The van der Waals surface area contributed by atoms with Crippen LogP contribution in [0.2, 0.25) is 0 Å². The molecule has 0 bridgehead atoms. The van der Waals surface area contributed by atoms with Crippen molar-refractivity contribution in [3.05, 3.63) is 22.8 Å². The van der Waals surface area contributed by atoms with Crippen molar-refractivity contribution in [2.75, 3.05) is 12.9 Å². The van der Waals surface area contributed by atoms with Crippen LogP contribution in [-0.4, -0.2) is 23.9 Å². The summed E-state index contributed by atoms with van der Waals surface area (Å²) in [5.41, 5.74) is 2.38. The van der Waals surface area contributed by atoms with Crippen molar-refractivity contribution < 1.29 is 14.6 Å². The molecule has 0 spiro atoms. The van der Waals surface area contributed by atoms with Crippen LogP contribution in [0.25, 0.3) is 0 Å². The SMILES string of the molecule is CCOC(=O)c1c(O)cc(CC)c(C)c1SC. The molecule has 0 aliphatic rings. The van der Waals surface area contributed by atoms with Crippen LogP contribution >= 0.6 is 11.8 Å². The Balaban J connectivity index is 3.38. The Bertz CT molecular complexity index is 427. The normalized spacial score (nSPS) is 10.4. The van der Waals surface area contributed by atoms with Gasteiger partial charge in [-0.3, -0.25) is 0 Å². The van der Waals surface area contributed by atoms with Gasteiger partial charge in [-0.15, -0.1) is 11.8 Å². The van der Waals surface area contributed by atoms with E-state index in [4.69, 9.17) is 4.74 Å². The van der Waals surface area contributed by atoms with Crippen LogP contribution in [0.15, 0.2) is 11.0 Å². The smallest absolute Gasteiger partial charge is 0.343 e. The average molecular weight is 254 g/mol. The maximum absolute atomic E-state index is 11.8. The predicted octanol–water partition coefficient (Wildman–Crippen LogP) is 3.16. The van der Waals surface area contributed by atoms with Gasteiger partial charge in [0.1, 0.15) is 11.3 Å². The Morgan fingerprint density at radius 1 is 1.47 bits per heavy atom. The van der Waals surface area contributed by atoms with E-state index in [-0.39, 0.29) is 11.3 Å². The zero-order chi connectivity index (χ0) is 13.0. The molecule has 0 saturated heterocycles. The second-order valence-electron chi connectivity index (χ2n) is 3.66. The van der Waals surface area contributed by atoms with Crippen molar-refractivity contribution in [1.29, 1.82) is 0 Å². The molecule has 1 N–H and O–H groups in total. The summed E-state index contributed by atoms with van der Waals surface area (Å²) in [4.78, 5) is 12.6. The van der Waals surface area contributed by atoms with Gasteiger partial charge in [-0.2, -0.15) is 0 Å². The van der Waals surface area contributed by atoms with Gasteiger partial charge in [0, 0.05) is 4.90 Å². The highest BCUT2D eigenvalue weighted by atomic mass is 32.2. The summed E-state index contributed by atoms with van der Waals surface area (Å²) in [5.74, 6) is -0.449. The molecule has 0 saturated carbocycles. The van der Waals surface area contributed by atoms with Crippen molar-refractivity contribution in [2.24, 2.45) is 0 Å². The first kappa shape index (κ1) is 13.9. The third-order valence-corrected chi connectivity index (χ3v) is 3.60. The molecule has 0 aliphatic heterocycles. The molecule has 4 heteroatoms. The number of rotatable bonds is 4. The van der Waals surface area contributed by atoms with Crippen molar-refractivity contribution >= 4 is 17.7 Å². The summed E-state index contributed by atoms with van der Waals surface area (Å²) in [6.45, 7) is 6.05. The van der Waals surface area contributed by atoms with E-state index in [2.05, 4.69) is 0 Å². The third-order valence-electron chi connectivity index (χ3n) is 2.68. The largest absolute Gasteiger partial charge is 0.507 e. The lowest BCUT2D eigenvalue weighted by molar-refractivity contribution is 0.0518. The number of thioether (sulfide) groups is 1. The van der Waals surface area contributed by atoms with Crippen molar-refractivity contribution in [2.45, 2.75) is 32.1 Å². The molecule has 0 aromatic heterocycles. The molecule has 94 valence electrons. The minimum absolute atomic E-state index is 0.00949. The van der Waals surface area contributed by atoms with E-state index in [1.807, 2.05) is 20.1 Å². The van der Waals surface area contributed by atoms with Crippen LogP contribution in [0.3, 0.4) is 0 Å². The molecule has 1 rings (SSSR count). The van der Waals surface area contributed by atoms with E-state index >= 15 is 0 Å². The van der Waals surface area contributed by atoms with Crippen LogP contribution in [0.5, 0.6) is 5.75 Å². The van der Waals surface area contributed by atoms with E-state index in [9.17, 15) is 9.90 Å². The standard InChI is InChI=1S/C13H18O3S/c1-5-9-7-10(14)11(13(15)16-6-2)12(17-4)8(9)3/h7,14H,5-6H2,1-4H3. The maximum atomic E-state index is 11.8. The molecule has 0 aliphatic carbocycles. The second-order valence-corrected chi connectivity index (χ2v) is 4.48. The molecule has 0 atom stereocenters. The quantitative estimate of drug-likeness (QED) is 0.662. The van der Waals surface area contributed by atoms with E-state index < -0.39 is 5.97 Å². The number of phenols is 1. The molecular formula is C13H18O3S. The minimum Gasteiger partial charge on any atom is -0.507 e. The first-order chi connectivity index (χ1) is 8.06. The van der Waals surface area contributed by atoms with Gasteiger partial charge in [-0.05, 0) is 43.7 Å². The lowest BCUT2D eigenvalue weighted by atomic mass is 10.0. The summed E-state index contributed by atoms with van der Waals surface area (Å²) >= 11 is 1.46. The summed E-state index contributed by atoms with van der Waals surface area (Å²) in [5, 5.41) is 9.94. The molecule has 0 heterocycles. The van der Waals surface area contributed by atoms with Gasteiger partial charge in [0.25, 0.3) is 0 Å². The Hall–Kier alpha value is -1.16. The molecule has 3 nitrogen and oxygen atoms in total. The number of benzene rings is 1. The fourth-order valence-corrected chi connectivity index (χ4v) is 2.65. The summed E-state index contributed by atoms with van der Waals surface area (Å²) in [7, 11) is 0. The molecule has 0 unspecified atom stereocenters. The highest BCUT2D eigenvalue weighted by Crippen LogP contribution is 2.34. The fourth-order valence-electron chi connectivity index (χ4n) is 1.82. The molecule has 0 amide bonds. The number of hydrogen-bond acceptors (Lipinski definition) is 4. The summed E-state index contributed by atoms with van der Waals surface area (Å²) in [6.07, 6.45) is 2.72. The Labute approximate surface area is 106 Å². The topological polar surface area (TPSA) is 46.5 Å². The van der Waals surface area contributed by atoms with E-state index in [1.165, 1.54) is 11.8 Å². The van der Waals surface area contributed by atoms with Crippen LogP contribution in [0.1, 0.15) is 35.3 Å². The summed E-state index contributed by atoms with van der Waals surface area (Å²) in [6, 6.07) is 1.65. The molecule has 17 heavy (non-hydrogen) atoms. The van der Waals surface area contributed by atoms with Crippen LogP contribution in [-0.2, 0) is 11.2 Å². The lowest BCUT2D eigenvalue weighted by Gasteiger charge is -2.14. The number of aromatic hydroxyl groups is 1. The van der Waals surface area contributed by atoms with Crippen molar-refractivity contribution in [3.8, 4) is 5.75 Å². The predicted molar refractivity (Wildman–Crippen MR) is 70.0 cm³/mol. The van der Waals surface area contributed by atoms with E-state index in [1.54, 1.807) is 13.0 Å². The average Bonchev–Trinajstić information content (AvgIpc) is 2.31. The van der Waals surface area contributed by atoms with Crippen LogP contribution in [0, 0.1) is 6.92 Å². The maximum Gasteiger partial charge on any atom is 0.343 e. The van der Waals surface area contributed by atoms with Gasteiger partial charge in [0.05, 0.1) is 6.61 Å². The molecular weight excluding hydrogens is 236 g/mol. The third kappa shape index (κ3) is 2.75. The molecule has 1 aromatic rings. The zero-order valence-electron chi connectivity index (χ0n) is 10.7.